The lowest BCUT2D eigenvalue weighted by atomic mass is 10.4. The van der Waals surface area contributed by atoms with Gasteiger partial charge in [0.15, 0.2) is 5.96 Å². The molecule has 0 aliphatic heterocycles. The highest BCUT2D eigenvalue weighted by Gasteiger charge is 1.94. The quantitative estimate of drug-likeness (QED) is 0.534. The predicted octanol–water partition coefficient (Wildman–Crippen LogP) is 0.234. The van der Waals surface area contributed by atoms with Crippen LogP contribution in [0.25, 0.3) is 0 Å². The van der Waals surface area contributed by atoms with Crippen LogP contribution in [0.5, 0.6) is 0 Å². The molecule has 5 nitrogen and oxygen atoms in total. The van der Waals surface area contributed by atoms with E-state index >= 15 is 0 Å². The van der Waals surface area contributed by atoms with Crippen molar-refractivity contribution in [1.82, 2.24) is 15.1 Å². The third-order valence-electron chi connectivity index (χ3n) is 1.75. The highest BCUT2D eigenvalue weighted by Crippen LogP contribution is 1.97. The number of nitrogens with one attached hydrogen (secondary N) is 1. The van der Waals surface area contributed by atoms with Crippen molar-refractivity contribution < 1.29 is 0 Å². The van der Waals surface area contributed by atoms with Gasteiger partial charge in [-0.2, -0.15) is 5.10 Å². The van der Waals surface area contributed by atoms with E-state index in [1.165, 1.54) is 0 Å². The van der Waals surface area contributed by atoms with Crippen LogP contribution >= 0.6 is 0 Å². The molecule has 0 amide bonds. The lowest BCUT2D eigenvalue weighted by Gasteiger charge is -2.01. The van der Waals surface area contributed by atoms with Crippen molar-refractivity contribution in [2.75, 3.05) is 6.54 Å². The van der Waals surface area contributed by atoms with E-state index in [2.05, 4.69) is 22.3 Å². The summed E-state index contributed by atoms with van der Waals surface area (Å²) in [5.41, 5.74) is 6.69. The summed E-state index contributed by atoms with van der Waals surface area (Å²) in [5, 5.41) is 7.05. The van der Waals surface area contributed by atoms with Gasteiger partial charge in [-0.3, -0.25) is 4.68 Å². The lowest BCUT2D eigenvalue weighted by molar-refractivity contribution is 0.766. The van der Waals surface area contributed by atoms with Gasteiger partial charge in [-0.25, -0.2) is 4.99 Å². The maximum Gasteiger partial charge on any atom is 0.188 e. The molecule has 0 fully saturated rings. The molecule has 0 spiro atoms. The van der Waals surface area contributed by atoms with E-state index in [4.69, 9.17) is 5.73 Å². The monoisotopic (exact) mass is 195 g/mol. The predicted molar refractivity (Wildman–Crippen MR) is 56.8 cm³/mol. The molecule has 0 unspecified atom stereocenters. The van der Waals surface area contributed by atoms with Gasteiger partial charge in [0.25, 0.3) is 0 Å². The summed E-state index contributed by atoms with van der Waals surface area (Å²) in [7, 11) is 1.88. The second kappa shape index (κ2) is 5.26. The maximum absolute atomic E-state index is 5.63. The SMILES string of the molecule is CCCNC(N)=NCc1cnn(C)c1. The Morgan fingerprint density at radius 1 is 1.71 bits per heavy atom. The zero-order valence-electron chi connectivity index (χ0n) is 8.70. The summed E-state index contributed by atoms with van der Waals surface area (Å²) in [6, 6.07) is 0. The zero-order valence-corrected chi connectivity index (χ0v) is 8.70. The van der Waals surface area contributed by atoms with Crippen molar-refractivity contribution in [3.05, 3.63) is 18.0 Å². The molecule has 0 bridgehead atoms. The standard InChI is InChI=1S/C9H17N5/c1-3-4-11-9(10)12-5-8-6-13-14(2)7-8/h6-7H,3-5H2,1-2H3,(H3,10,11,12). The molecule has 1 aromatic rings. The molecule has 0 aliphatic rings. The van der Waals surface area contributed by atoms with Crippen molar-refractivity contribution in [3.63, 3.8) is 0 Å². The second-order valence-electron chi connectivity index (χ2n) is 3.15. The van der Waals surface area contributed by atoms with Gasteiger partial charge < -0.3 is 11.1 Å². The minimum atomic E-state index is 0.496. The van der Waals surface area contributed by atoms with Gasteiger partial charge in [0, 0.05) is 25.4 Å². The van der Waals surface area contributed by atoms with Crippen molar-refractivity contribution >= 4 is 5.96 Å². The molecule has 0 saturated heterocycles. The summed E-state index contributed by atoms with van der Waals surface area (Å²) in [4.78, 5) is 4.18. The molecule has 78 valence electrons. The average molecular weight is 195 g/mol. The summed E-state index contributed by atoms with van der Waals surface area (Å²) in [6.07, 6.45) is 4.76. The van der Waals surface area contributed by atoms with E-state index in [-0.39, 0.29) is 0 Å². The first-order chi connectivity index (χ1) is 6.72. The molecule has 1 heterocycles. The summed E-state index contributed by atoms with van der Waals surface area (Å²) >= 11 is 0. The molecule has 0 saturated carbocycles. The molecule has 0 atom stereocenters. The average Bonchev–Trinajstić information content (AvgIpc) is 2.58. The highest BCUT2D eigenvalue weighted by atomic mass is 15.2. The summed E-state index contributed by atoms with van der Waals surface area (Å²) in [5.74, 6) is 0.496. The number of aliphatic imine (C=N–C) groups is 1. The Labute approximate surface area is 84.0 Å². The molecule has 0 radical (unpaired) electrons. The molecular formula is C9H17N5. The van der Waals surface area contributed by atoms with E-state index in [1.54, 1.807) is 10.9 Å². The lowest BCUT2D eigenvalue weighted by Crippen LogP contribution is -2.32. The fourth-order valence-corrected chi connectivity index (χ4v) is 1.04. The molecule has 14 heavy (non-hydrogen) atoms. The van der Waals surface area contributed by atoms with Crippen LogP contribution in [0.2, 0.25) is 0 Å². The highest BCUT2D eigenvalue weighted by molar-refractivity contribution is 5.77. The second-order valence-corrected chi connectivity index (χ2v) is 3.15. The molecule has 1 rings (SSSR count). The van der Waals surface area contributed by atoms with Crippen LogP contribution < -0.4 is 11.1 Å². The van der Waals surface area contributed by atoms with Gasteiger partial charge >= 0.3 is 0 Å². The Balaban J connectivity index is 2.38. The van der Waals surface area contributed by atoms with Gasteiger partial charge in [0.2, 0.25) is 0 Å². The largest absolute Gasteiger partial charge is 0.370 e. The van der Waals surface area contributed by atoms with Crippen LogP contribution in [0.3, 0.4) is 0 Å². The number of aryl methyl sites for hydroxylation is 1. The van der Waals surface area contributed by atoms with Crippen LogP contribution in [0.15, 0.2) is 17.4 Å². The fourth-order valence-electron chi connectivity index (χ4n) is 1.04. The van der Waals surface area contributed by atoms with Gasteiger partial charge in [-0.1, -0.05) is 6.92 Å². The first-order valence-electron chi connectivity index (χ1n) is 4.73. The van der Waals surface area contributed by atoms with E-state index in [9.17, 15) is 0 Å². The fraction of sp³-hybridized carbons (Fsp3) is 0.556. The van der Waals surface area contributed by atoms with E-state index in [1.807, 2.05) is 13.2 Å². The van der Waals surface area contributed by atoms with Gasteiger partial charge in [0.1, 0.15) is 0 Å². The topological polar surface area (TPSA) is 68.2 Å². The van der Waals surface area contributed by atoms with Crippen molar-refractivity contribution in [2.24, 2.45) is 17.8 Å². The number of hydrogen-bond acceptors (Lipinski definition) is 2. The number of aromatic nitrogens is 2. The maximum atomic E-state index is 5.63. The van der Waals surface area contributed by atoms with Crippen molar-refractivity contribution in [2.45, 2.75) is 19.9 Å². The van der Waals surface area contributed by atoms with Crippen LogP contribution in [0, 0.1) is 0 Å². The molecule has 0 aliphatic carbocycles. The smallest absolute Gasteiger partial charge is 0.188 e. The number of rotatable bonds is 4. The van der Waals surface area contributed by atoms with E-state index < -0.39 is 0 Å². The first kappa shape index (κ1) is 10.6. The number of guanidine groups is 1. The number of nitrogens with two attached hydrogens (primary N) is 1. The normalized spacial score (nSPS) is 11.7. The Morgan fingerprint density at radius 2 is 2.50 bits per heavy atom. The third kappa shape index (κ3) is 3.47. The van der Waals surface area contributed by atoms with Gasteiger partial charge in [-0.15, -0.1) is 0 Å². The Morgan fingerprint density at radius 3 is 3.07 bits per heavy atom. The summed E-state index contributed by atoms with van der Waals surface area (Å²) < 4.78 is 1.75. The molecular weight excluding hydrogens is 178 g/mol. The Bertz CT molecular complexity index is 302. The van der Waals surface area contributed by atoms with Crippen LogP contribution in [0.4, 0.5) is 0 Å². The Kier molecular flexibility index (Phi) is 3.97. The van der Waals surface area contributed by atoms with Gasteiger partial charge in [-0.05, 0) is 6.42 Å². The molecule has 0 aromatic carbocycles. The molecule has 5 heteroatoms. The molecule has 3 N–H and O–H groups in total. The minimum absolute atomic E-state index is 0.496. The van der Waals surface area contributed by atoms with Crippen molar-refractivity contribution in [1.29, 1.82) is 0 Å². The minimum Gasteiger partial charge on any atom is -0.370 e. The van der Waals surface area contributed by atoms with Crippen LogP contribution in [-0.2, 0) is 13.6 Å². The first-order valence-corrected chi connectivity index (χ1v) is 4.73. The van der Waals surface area contributed by atoms with Gasteiger partial charge in [0.05, 0.1) is 12.7 Å². The van der Waals surface area contributed by atoms with Crippen molar-refractivity contribution in [3.8, 4) is 0 Å². The number of nitrogens with zero attached hydrogens (tertiary/aromatic N) is 3. The van der Waals surface area contributed by atoms with Crippen LogP contribution in [0.1, 0.15) is 18.9 Å². The number of hydrogen-bond donors (Lipinski definition) is 2. The zero-order chi connectivity index (χ0) is 10.4. The molecule has 1 aromatic heterocycles. The Hall–Kier alpha value is -1.52. The van der Waals surface area contributed by atoms with E-state index in [0.717, 1.165) is 18.5 Å². The summed E-state index contributed by atoms with van der Waals surface area (Å²) in [6.45, 7) is 3.53. The third-order valence-corrected chi connectivity index (χ3v) is 1.75. The van der Waals surface area contributed by atoms with E-state index in [0.29, 0.717) is 12.5 Å². The van der Waals surface area contributed by atoms with Crippen LogP contribution in [-0.4, -0.2) is 22.3 Å².